The molecule has 1 fully saturated rings. The summed E-state index contributed by atoms with van der Waals surface area (Å²) in [6.45, 7) is 4.75. The number of hydrogen-bond donors (Lipinski definition) is 3. The summed E-state index contributed by atoms with van der Waals surface area (Å²) in [5.41, 5.74) is 7.94. The highest BCUT2D eigenvalue weighted by Gasteiger charge is 2.30. The van der Waals surface area contributed by atoms with Crippen LogP contribution < -0.4 is 11.1 Å². The number of aromatic amines is 1. The first kappa shape index (κ1) is 22.0. The van der Waals surface area contributed by atoms with Gasteiger partial charge in [-0.15, -0.1) is 0 Å². The lowest BCUT2D eigenvalue weighted by molar-refractivity contribution is -0.126. The van der Waals surface area contributed by atoms with Crippen LogP contribution in [-0.4, -0.2) is 53.1 Å². The second-order valence-corrected chi connectivity index (χ2v) is 7.85. The molecule has 1 atom stereocenters. The second kappa shape index (κ2) is 9.52. The number of nitrogens with two attached hydrogens (primary N) is 1. The van der Waals surface area contributed by atoms with E-state index < -0.39 is 11.9 Å². The second-order valence-electron chi connectivity index (χ2n) is 7.41. The van der Waals surface area contributed by atoms with Crippen molar-refractivity contribution in [2.45, 2.75) is 6.04 Å². The van der Waals surface area contributed by atoms with Crippen LogP contribution in [0.25, 0.3) is 21.8 Å². The van der Waals surface area contributed by atoms with Gasteiger partial charge in [0.2, 0.25) is 5.91 Å². The Morgan fingerprint density at radius 3 is 3.09 bits per heavy atom. The Bertz CT molecular complexity index is 1240. The molecular weight excluding hydrogens is 433 g/mol. The number of pyridine rings is 1. The minimum Gasteiger partial charge on any atom is -0.405 e. The van der Waals surface area contributed by atoms with Crippen LogP contribution >= 0.6 is 11.6 Å². The van der Waals surface area contributed by atoms with Gasteiger partial charge in [0.1, 0.15) is 11.9 Å². The number of carbonyl (C=O) groups is 1. The van der Waals surface area contributed by atoms with Crippen LogP contribution in [0.4, 0.5) is 10.1 Å². The Kier molecular flexibility index (Phi) is 6.55. The predicted molar refractivity (Wildman–Crippen MR) is 125 cm³/mol. The molecule has 1 amide bonds. The lowest BCUT2D eigenvalue weighted by Crippen LogP contribution is -2.52. The molecule has 1 aliphatic rings. The van der Waals surface area contributed by atoms with E-state index in [-0.39, 0.29) is 19.1 Å². The zero-order chi connectivity index (χ0) is 22.7. The van der Waals surface area contributed by atoms with E-state index in [1.165, 1.54) is 12.3 Å². The number of nitrogens with zero attached hydrogens (tertiary/aromatic N) is 2. The van der Waals surface area contributed by atoms with Crippen LogP contribution in [0.15, 0.2) is 66.9 Å². The van der Waals surface area contributed by atoms with E-state index in [0.29, 0.717) is 29.4 Å². The van der Waals surface area contributed by atoms with Gasteiger partial charge in [0.05, 0.1) is 36.1 Å². The van der Waals surface area contributed by atoms with Gasteiger partial charge in [0.25, 0.3) is 0 Å². The van der Waals surface area contributed by atoms with E-state index in [2.05, 4.69) is 21.9 Å². The lowest BCUT2D eigenvalue weighted by Gasteiger charge is -2.34. The number of nitrogens with one attached hydrogen (secondary N) is 2. The van der Waals surface area contributed by atoms with Crippen molar-refractivity contribution in [1.29, 1.82) is 0 Å². The predicted octanol–water partition coefficient (Wildman–Crippen LogP) is 3.89. The molecular formula is C23H23ClFN5O2. The lowest BCUT2D eigenvalue weighted by atomic mass is 10.1. The van der Waals surface area contributed by atoms with Crippen LogP contribution in [0.3, 0.4) is 0 Å². The van der Waals surface area contributed by atoms with Gasteiger partial charge in [-0.05, 0) is 36.6 Å². The van der Waals surface area contributed by atoms with Gasteiger partial charge in [-0.3, -0.25) is 14.7 Å². The number of morpholine rings is 1. The van der Waals surface area contributed by atoms with Gasteiger partial charge >= 0.3 is 0 Å². The summed E-state index contributed by atoms with van der Waals surface area (Å²) < 4.78 is 19.7. The van der Waals surface area contributed by atoms with E-state index in [4.69, 9.17) is 22.1 Å². The number of allylic oxidation sites excluding steroid dienone is 2. The molecule has 4 rings (SSSR count). The average molecular weight is 456 g/mol. The Labute approximate surface area is 189 Å². The number of rotatable bonds is 6. The minimum atomic E-state index is -0.623. The molecule has 0 bridgehead atoms. The quantitative estimate of drug-likeness (QED) is 0.490. The van der Waals surface area contributed by atoms with Crippen molar-refractivity contribution >= 4 is 45.0 Å². The van der Waals surface area contributed by atoms with E-state index in [1.807, 2.05) is 17.0 Å². The van der Waals surface area contributed by atoms with Gasteiger partial charge in [-0.1, -0.05) is 18.2 Å². The van der Waals surface area contributed by atoms with Crippen molar-refractivity contribution < 1.29 is 13.9 Å². The molecule has 0 aliphatic carbocycles. The topological polar surface area (TPSA) is 96.3 Å². The monoisotopic (exact) mass is 455 g/mol. The number of anilines is 1. The summed E-state index contributed by atoms with van der Waals surface area (Å²) in [6.07, 6.45) is 7.29. The van der Waals surface area contributed by atoms with Crippen LogP contribution in [0.1, 0.15) is 0 Å². The molecule has 9 heteroatoms. The molecule has 3 heterocycles. The van der Waals surface area contributed by atoms with E-state index in [0.717, 1.165) is 27.9 Å². The van der Waals surface area contributed by atoms with E-state index in [1.54, 1.807) is 18.5 Å². The summed E-state index contributed by atoms with van der Waals surface area (Å²) in [5.74, 6) is -0.763. The molecule has 4 N–H and O–H groups in total. The van der Waals surface area contributed by atoms with Gasteiger partial charge in [-0.25, -0.2) is 4.39 Å². The molecule has 0 saturated carbocycles. The fraction of sp³-hybridized carbons (Fsp3) is 0.217. The number of aromatic nitrogens is 2. The van der Waals surface area contributed by atoms with E-state index in [9.17, 15) is 9.18 Å². The van der Waals surface area contributed by atoms with Crippen LogP contribution in [0, 0.1) is 0 Å². The van der Waals surface area contributed by atoms with E-state index >= 15 is 0 Å². The first-order valence-corrected chi connectivity index (χ1v) is 10.5. The molecule has 2 aromatic heterocycles. The molecule has 32 heavy (non-hydrogen) atoms. The SMILES string of the molecule is C=C/C(F)=C(\C=C/N)CN1CCOC[C@H]1C(=O)Nc1cc(Cl)cc2c1[nH]c1cnccc12. The first-order valence-electron chi connectivity index (χ1n) is 10.1. The van der Waals surface area contributed by atoms with Gasteiger partial charge < -0.3 is 20.8 Å². The fourth-order valence-electron chi connectivity index (χ4n) is 3.87. The molecule has 1 saturated heterocycles. The number of H-pyrrole nitrogens is 1. The Morgan fingerprint density at radius 1 is 1.47 bits per heavy atom. The van der Waals surface area contributed by atoms with Crippen molar-refractivity contribution in [2.75, 3.05) is 31.6 Å². The smallest absolute Gasteiger partial charge is 0.244 e. The molecule has 0 unspecified atom stereocenters. The van der Waals surface area contributed by atoms with Crippen LogP contribution in [0.2, 0.25) is 5.02 Å². The van der Waals surface area contributed by atoms with Crippen molar-refractivity contribution in [2.24, 2.45) is 5.73 Å². The highest BCUT2D eigenvalue weighted by Crippen LogP contribution is 2.33. The highest BCUT2D eigenvalue weighted by molar-refractivity contribution is 6.33. The minimum absolute atomic E-state index is 0.182. The zero-order valence-corrected chi connectivity index (χ0v) is 18.0. The van der Waals surface area contributed by atoms with Crippen molar-refractivity contribution in [1.82, 2.24) is 14.9 Å². The summed E-state index contributed by atoms with van der Waals surface area (Å²) >= 11 is 6.34. The van der Waals surface area contributed by atoms with Crippen LogP contribution in [0.5, 0.6) is 0 Å². The Morgan fingerprint density at radius 2 is 2.31 bits per heavy atom. The molecule has 1 aromatic carbocycles. The zero-order valence-electron chi connectivity index (χ0n) is 17.3. The maximum absolute atomic E-state index is 14.2. The molecule has 0 spiro atoms. The number of hydrogen-bond acceptors (Lipinski definition) is 5. The number of carbonyl (C=O) groups excluding carboxylic acids is 1. The largest absolute Gasteiger partial charge is 0.405 e. The van der Waals surface area contributed by atoms with Crippen molar-refractivity contribution in [3.8, 4) is 0 Å². The maximum atomic E-state index is 14.2. The van der Waals surface area contributed by atoms with Crippen molar-refractivity contribution in [3.05, 3.63) is 71.9 Å². The first-order chi connectivity index (χ1) is 15.5. The summed E-state index contributed by atoms with van der Waals surface area (Å²) in [6, 6.07) is 4.80. The molecule has 7 nitrogen and oxygen atoms in total. The third kappa shape index (κ3) is 4.38. The fourth-order valence-corrected chi connectivity index (χ4v) is 4.09. The standard InChI is InChI=1S/C23H23ClFN5O2/c1-2-18(25)14(3-5-26)12-30-7-8-32-13-21(30)23(31)29-19-10-15(24)9-17-16-4-6-27-11-20(16)28-22(17)19/h2-6,9-11,21,28H,1,7-8,12-13,26H2,(H,29,31)/b5-3-,18-14-/t21-/m0/s1. The Balaban J connectivity index is 1.63. The summed E-state index contributed by atoms with van der Waals surface area (Å²) in [5, 5.41) is 5.30. The van der Waals surface area contributed by atoms with Gasteiger partial charge in [0.15, 0.2) is 0 Å². The van der Waals surface area contributed by atoms with Crippen molar-refractivity contribution in [3.63, 3.8) is 0 Å². The number of benzene rings is 1. The number of fused-ring (bicyclic) bond motifs is 3. The Hall–Kier alpha value is -3.20. The third-order valence-corrected chi connectivity index (χ3v) is 5.65. The summed E-state index contributed by atoms with van der Waals surface area (Å²) in [7, 11) is 0. The van der Waals surface area contributed by atoms with Gasteiger partial charge in [-0.2, -0.15) is 0 Å². The normalized spacial score (nSPS) is 18.2. The molecule has 0 radical (unpaired) electrons. The van der Waals surface area contributed by atoms with Gasteiger partial charge in [0, 0.05) is 40.7 Å². The molecule has 166 valence electrons. The number of amides is 1. The number of halogens is 2. The average Bonchev–Trinajstić information content (AvgIpc) is 3.17. The van der Waals surface area contributed by atoms with Crippen LogP contribution in [-0.2, 0) is 9.53 Å². The number of ether oxygens (including phenoxy) is 1. The maximum Gasteiger partial charge on any atom is 0.244 e. The molecule has 1 aliphatic heterocycles. The highest BCUT2D eigenvalue weighted by atomic mass is 35.5. The third-order valence-electron chi connectivity index (χ3n) is 5.43. The summed E-state index contributed by atoms with van der Waals surface area (Å²) in [4.78, 5) is 22.5. The molecule has 3 aromatic rings.